The molecule has 0 fully saturated rings. The van der Waals surface area contributed by atoms with E-state index >= 15 is 0 Å². The molecule has 0 spiro atoms. The van der Waals surface area contributed by atoms with Crippen LogP contribution in [-0.2, 0) is 11.3 Å². The molecule has 0 saturated carbocycles. The minimum Gasteiger partial charge on any atom is -0.293 e. The molecule has 3 rings (SSSR count). The van der Waals surface area contributed by atoms with Gasteiger partial charge in [-0.25, -0.2) is 19.0 Å². The van der Waals surface area contributed by atoms with E-state index in [1.165, 1.54) is 11.3 Å². The molecule has 10 heteroatoms. The van der Waals surface area contributed by atoms with Crippen LogP contribution >= 0.6 is 22.9 Å². The Balaban J connectivity index is 1.92. The standard InChI is InChI=1S/C15H13ClFN5O2S/c1-7(2)12-13-9(3-10(16)25-13)14(24)22(21-12)6-11(23)20-15-18-4-8(17)5-19-15/h3-5,7H,6H2,1-2H3,(H,18,19,20,23). The molecule has 3 aromatic rings. The molecular formula is C15H13ClFN5O2S. The summed E-state index contributed by atoms with van der Waals surface area (Å²) in [6.07, 6.45) is 1.87. The van der Waals surface area contributed by atoms with E-state index in [1.54, 1.807) is 6.07 Å². The highest BCUT2D eigenvalue weighted by Gasteiger charge is 2.18. The monoisotopic (exact) mass is 381 g/mol. The lowest BCUT2D eigenvalue weighted by molar-refractivity contribution is -0.117. The highest BCUT2D eigenvalue weighted by Crippen LogP contribution is 2.31. The number of carbonyl (C=O) groups is 1. The summed E-state index contributed by atoms with van der Waals surface area (Å²) in [5, 5.41) is 7.13. The molecule has 25 heavy (non-hydrogen) atoms. The van der Waals surface area contributed by atoms with E-state index in [1.807, 2.05) is 13.8 Å². The van der Waals surface area contributed by atoms with Crippen molar-refractivity contribution in [1.29, 1.82) is 0 Å². The SMILES string of the molecule is CC(C)c1nn(CC(=O)Nc2ncc(F)cn2)c(=O)c2cc(Cl)sc12. The number of amides is 1. The van der Waals surface area contributed by atoms with Crippen LogP contribution in [0.2, 0.25) is 4.34 Å². The first-order valence-electron chi connectivity index (χ1n) is 7.32. The molecule has 0 aliphatic rings. The number of hydrogen-bond donors (Lipinski definition) is 1. The average Bonchev–Trinajstić information content (AvgIpc) is 2.94. The minimum atomic E-state index is -0.614. The van der Waals surface area contributed by atoms with Gasteiger partial charge in [0.2, 0.25) is 11.9 Å². The first kappa shape index (κ1) is 17.4. The van der Waals surface area contributed by atoms with Crippen LogP contribution in [0.25, 0.3) is 10.1 Å². The lowest BCUT2D eigenvalue weighted by Gasteiger charge is -2.10. The van der Waals surface area contributed by atoms with Gasteiger partial charge >= 0.3 is 0 Å². The number of carbonyl (C=O) groups excluding carboxylic acids is 1. The van der Waals surface area contributed by atoms with Crippen molar-refractivity contribution in [2.24, 2.45) is 0 Å². The number of nitrogens with one attached hydrogen (secondary N) is 1. The fourth-order valence-corrected chi connectivity index (χ4v) is 3.58. The second-order valence-corrected chi connectivity index (χ2v) is 7.25. The maximum atomic E-state index is 12.8. The summed E-state index contributed by atoms with van der Waals surface area (Å²) >= 11 is 7.31. The average molecular weight is 382 g/mol. The van der Waals surface area contributed by atoms with E-state index in [0.29, 0.717) is 15.4 Å². The molecule has 130 valence electrons. The molecule has 0 aromatic carbocycles. The predicted octanol–water partition coefficient (Wildman–Crippen LogP) is 2.80. The molecule has 3 heterocycles. The fraction of sp³-hybridized carbons (Fsp3) is 0.267. The molecule has 1 amide bonds. The van der Waals surface area contributed by atoms with E-state index in [4.69, 9.17) is 11.6 Å². The van der Waals surface area contributed by atoms with Crippen LogP contribution < -0.4 is 10.9 Å². The molecule has 0 aliphatic carbocycles. The summed E-state index contributed by atoms with van der Waals surface area (Å²) in [4.78, 5) is 31.9. The molecule has 0 atom stereocenters. The van der Waals surface area contributed by atoms with Crippen LogP contribution in [0.5, 0.6) is 0 Å². The van der Waals surface area contributed by atoms with Crippen molar-refractivity contribution in [3.8, 4) is 0 Å². The number of nitrogens with zero attached hydrogens (tertiary/aromatic N) is 4. The van der Waals surface area contributed by atoms with Gasteiger partial charge in [0.25, 0.3) is 5.56 Å². The molecule has 7 nitrogen and oxygen atoms in total. The Morgan fingerprint density at radius 2 is 2.08 bits per heavy atom. The molecule has 0 saturated heterocycles. The summed E-state index contributed by atoms with van der Waals surface area (Å²) in [6, 6.07) is 1.58. The summed E-state index contributed by atoms with van der Waals surface area (Å²) in [6.45, 7) is 3.57. The molecule has 0 unspecified atom stereocenters. The van der Waals surface area contributed by atoms with E-state index in [2.05, 4.69) is 20.4 Å². The van der Waals surface area contributed by atoms with E-state index < -0.39 is 17.3 Å². The van der Waals surface area contributed by atoms with Crippen molar-refractivity contribution in [2.45, 2.75) is 26.3 Å². The Hall–Kier alpha value is -2.39. The highest BCUT2D eigenvalue weighted by molar-refractivity contribution is 7.22. The van der Waals surface area contributed by atoms with Crippen molar-refractivity contribution < 1.29 is 9.18 Å². The summed E-state index contributed by atoms with van der Waals surface area (Å²) in [5.74, 6) is -1.16. The zero-order valence-corrected chi connectivity index (χ0v) is 14.9. The third kappa shape index (κ3) is 3.67. The van der Waals surface area contributed by atoms with Gasteiger partial charge in [-0.1, -0.05) is 25.4 Å². The Morgan fingerprint density at radius 1 is 1.40 bits per heavy atom. The largest absolute Gasteiger partial charge is 0.293 e. The van der Waals surface area contributed by atoms with Crippen LogP contribution in [0.15, 0.2) is 23.3 Å². The smallest absolute Gasteiger partial charge is 0.276 e. The maximum absolute atomic E-state index is 12.8. The zero-order chi connectivity index (χ0) is 18.1. The fourth-order valence-electron chi connectivity index (χ4n) is 2.23. The van der Waals surface area contributed by atoms with Crippen LogP contribution in [0.4, 0.5) is 10.3 Å². The minimum absolute atomic E-state index is 0.0487. The van der Waals surface area contributed by atoms with E-state index in [9.17, 15) is 14.0 Å². The lowest BCUT2D eigenvalue weighted by atomic mass is 10.1. The zero-order valence-electron chi connectivity index (χ0n) is 13.3. The van der Waals surface area contributed by atoms with Crippen LogP contribution in [0.1, 0.15) is 25.5 Å². The van der Waals surface area contributed by atoms with Crippen molar-refractivity contribution in [3.05, 3.63) is 44.7 Å². The molecule has 0 bridgehead atoms. The number of fused-ring (bicyclic) bond motifs is 1. The molecule has 3 aromatic heterocycles. The Labute approximate surface area is 150 Å². The van der Waals surface area contributed by atoms with Gasteiger partial charge in [-0.05, 0) is 12.0 Å². The third-order valence-electron chi connectivity index (χ3n) is 3.34. The first-order valence-corrected chi connectivity index (χ1v) is 8.52. The highest BCUT2D eigenvalue weighted by atomic mass is 35.5. The van der Waals surface area contributed by atoms with Gasteiger partial charge < -0.3 is 0 Å². The number of thiophene rings is 1. The molecular weight excluding hydrogens is 369 g/mol. The number of halogens is 2. The van der Waals surface area contributed by atoms with Crippen molar-refractivity contribution >= 4 is 44.9 Å². The number of aromatic nitrogens is 4. The normalized spacial score (nSPS) is 11.2. The first-order chi connectivity index (χ1) is 11.8. The Morgan fingerprint density at radius 3 is 2.72 bits per heavy atom. The topological polar surface area (TPSA) is 89.8 Å². The van der Waals surface area contributed by atoms with E-state index in [0.717, 1.165) is 21.8 Å². The van der Waals surface area contributed by atoms with Gasteiger partial charge in [0.05, 0.1) is 32.5 Å². The predicted molar refractivity (Wildman–Crippen MR) is 93.6 cm³/mol. The van der Waals surface area contributed by atoms with Gasteiger partial charge in [0, 0.05) is 0 Å². The third-order valence-corrected chi connectivity index (χ3v) is 4.63. The van der Waals surface area contributed by atoms with Gasteiger partial charge in [-0.15, -0.1) is 11.3 Å². The number of anilines is 1. The van der Waals surface area contributed by atoms with Gasteiger partial charge in [-0.2, -0.15) is 5.10 Å². The summed E-state index contributed by atoms with van der Waals surface area (Å²) < 4.78 is 15.1. The number of rotatable bonds is 4. The second-order valence-electron chi connectivity index (χ2n) is 5.57. The van der Waals surface area contributed by atoms with Crippen molar-refractivity contribution in [2.75, 3.05) is 5.32 Å². The molecule has 0 aliphatic heterocycles. The van der Waals surface area contributed by atoms with Gasteiger partial charge in [-0.3, -0.25) is 14.9 Å². The van der Waals surface area contributed by atoms with E-state index in [-0.39, 0.29) is 18.4 Å². The Kier molecular flexibility index (Phi) is 4.78. The van der Waals surface area contributed by atoms with Crippen molar-refractivity contribution in [3.63, 3.8) is 0 Å². The maximum Gasteiger partial charge on any atom is 0.276 e. The number of hydrogen-bond acceptors (Lipinski definition) is 6. The van der Waals surface area contributed by atoms with Gasteiger partial charge in [0.1, 0.15) is 6.54 Å². The quantitative estimate of drug-likeness (QED) is 0.750. The molecule has 0 radical (unpaired) electrons. The Bertz CT molecular complexity index is 1000. The second kappa shape index (κ2) is 6.85. The van der Waals surface area contributed by atoms with Gasteiger partial charge in [0.15, 0.2) is 5.82 Å². The van der Waals surface area contributed by atoms with Crippen LogP contribution in [0, 0.1) is 5.82 Å². The van der Waals surface area contributed by atoms with Crippen LogP contribution in [-0.4, -0.2) is 25.7 Å². The van der Waals surface area contributed by atoms with Crippen molar-refractivity contribution in [1.82, 2.24) is 19.7 Å². The van der Waals surface area contributed by atoms with Crippen LogP contribution in [0.3, 0.4) is 0 Å². The molecule has 1 N–H and O–H groups in total. The summed E-state index contributed by atoms with van der Waals surface area (Å²) in [7, 11) is 0. The lowest BCUT2D eigenvalue weighted by Crippen LogP contribution is -2.31. The summed E-state index contributed by atoms with van der Waals surface area (Å²) in [5.41, 5.74) is 0.287.